The molecule has 1 unspecified atom stereocenters. The summed E-state index contributed by atoms with van der Waals surface area (Å²) in [5, 5.41) is 5.85. The Hall–Kier alpha value is -2.37. The Morgan fingerprint density at radius 1 is 1.25 bits per heavy atom. The predicted octanol–water partition coefficient (Wildman–Crippen LogP) is 1.25. The van der Waals surface area contributed by atoms with Crippen LogP contribution in [0.25, 0.3) is 0 Å². The monoisotopic (exact) mass is 276 g/mol. The molecule has 1 heterocycles. The Morgan fingerprint density at radius 3 is 2.40 bits per heavy atom. The van der Waals surface area contributed by atoms with Gasteiger partial charge in [0.15, 0.2) is 5.78 Å². The van der Waals surface area contributed by atoms with Crippen molar-refractivity contribution >= 4 is 23.2 Å². The third-order valence-corrected chi connectivity index (χ3v) is 3.13. The molecule has 106 valence electrons. The summed E-state index contributed by atoms with van der Waals surface area (Å²) in [7, 11) is 2.89. The lowest BCUT2D eigenvalue weighted by Crippen LogP contribution is -2.30. The summed E-state index contributed by atoms with van der Waals surface area (Å²) >= 11 is 0. The van der Waals surface area contributed by atoms with Gasteiger partial charge in [-0.2, -0.15) is 5.10 Å². The quantitative estimate of drug-likeness (QED) is 0.774. The van der Waals surface area contributed by atoms with Crippen molar-refractivity contribution in [2.75, 3.05) is 25.8 Å². The van der Waals surface area contributed by atoms with Gasteiger partial charge in [-0.25, -0.2) is 0 Å². The van der Waals surface area contributed by atoms with Crippen LogP contribution in [0, 0.1) is 5.92 Å². The van der Waals surface area contributed by atoms with E-state index in [0.717, 1.165) is 11.4 Å². The van der Waals surface area contributed by atoms with E-state index < -0.39 is 11.9 Å². The minimum Gasteiger partial charge on any atom is -0.497 e. The van der Waals surface area contributed by atoms with Gasteiger partial charge in [-0.15, -0.1) is 0 Å². The van der Waals surface area contributed by atoms with E-state index in [1.54, 1.807) is 24.3 Å². The summed E-state index contributed by atoms with van der Waals surface area (Å²) in [6.07, 6.45) is 0. The molecular weight excluding hydrogens is 260 g/mol. The van der Waals surface area contributed by atoms with E-state index in [4.69, 9.17) is 9.47 Å². The number of carbonyl (C=O) groups is 2. The van der Waals surface area contributed by atoms with Crippen LogP contribution in [0.1, 0.15) is 6.92 Å². The smallest absolute Gasteiger partial charge is 0.316 e. The average molecular weight is 276 g/mol. The number of ketones is 1. The summed E-state index contributed by atoms with van der Waals surface area (Å²) in [4.78, 5) is 23.3. The van der Waals surface area contributed by atoms with Crippen molar-refractivity contribution in [3.63, 3.8) is 0 Å². The molecule has 1 aliphatic rings. The van der Waals surface area contributed by atoms with Gasteiger partial charge >= 0.3 is 5.97 Å². The second-order valence-corrected chi connectivity index (χ2v) is 4.40. The van der Waals surface area contributed by atoms with Gasteiger partial charge in [0.05, 0.1) is 26.5 Å². The Kier molecular flexibility index (Phi) is 4.02. The molecule has 1 atom stereocenters. The van der Waals surface area contributed by atoms with Crippen molar-refractivity contribution in [3.05, 3.63) is 24.3 Å². The Morgan fingerprint density at radius 2 is 1.90 bits per heavy atom. The van der Waals surface area contributed by atoms with Gasteiger partial charge in [-0.3, -0.25) is 14.6 Å². The zero-order valence-electron chi connectivity index (χ0n) is 11.6. The third kappa shape index (κ3) is 2.64. The summed E-state index contributed by atoms with van der Waals surface area (Å²) in [5.74, 6) is -0.584. The second kappa shape index (κ2) is 5.73. The number of carbonyl (C=O) groups excluding carboxylic acids is 2. The third-order valence-electron chi connectivity index (χ3n) is 3.13. The van der Waals surface area contributed by atoms with Gasteiger partial charge in [0, 0.05) is 6.92 Å². The highest BCUT2D eigenvalue weighted by atomic mass is 16.5. The summed E-state index contributed by atoms with van der Waals surface area (Å²) in [6, 6.07) is 7.23. The SMILES string of the molecule is COC(=O)C1CN(c2ccc(OC)cc2)N=C1C(C)=O. The molecule has 0 fully saturated rings. The van der Waals surface area contributed by atoms with Gasteiger partial charge < -0.3 is 9.47 Å². The van der Waals surface area contributed by atoms with Crippen LogP contribution in [-0.2, 0) is 14.3 Å². The van der Waals surface area contributed by atoms with Crippen LogP contribution >= 0.6 is 0 Å². The van der Waals surface area contributed by atoms with Crippen molar-refractivity contribution in [2.45, 2.75) is 6.92 Å². The van der Waals surface area contributed by atoms with E-state index in [9.17, 15) is 9.59 Å². The summed E-state index contributed by atoms with van der Waals surface area (Å²) in [5.41, 5.74) is 1.02. The molecule has 0 saturated heterocycles. The molecule has 2 rings (SSSR count). The number of hydrazone groups is 1. The van der Waals surface area contributed by atoms with Crippen molar-refractivity contribution in [3.8, 4) is 5.75 Å². The highest BCUT2D eigenvalue weighted by Crippen LogP contribution is 2.25. The lowest BCUT2D eigenvalue weighted by atomic mass is 10.0. The maximum atomic E-state index is 11.7. The van der Waals surface area contributed by atoms with Crippen molar-refractivity contribution in [2.24, 2.45) is 11.0 Å². The van der Waals surface area contributed by atoms with Crippen LogP contribution in [0.5, 0.6) is 5.75 Å². The molecule has 1 aromatic carbocycles. The minimum absolute atomic E-state index is 0.226. The first-order valence-corrected chi connectivity index (χ1v) is 6.15. The number of benzene rings is 1. The normalized spacial score (nSPS) is 17.6. The lowest BCUT2D eigenvalue weighted by Gasteiger charge is -2.15. The van der Waals surface area contributed by atoms with E-state index >= 15 is 0 Å². The largest absolute Gasteiger partial charge is 0.497 e. The molecule has 0 spiro atoms. The summed E-state index contributed by atoms with van der Waals surface area (Å²) in [6.45, 7) is 1.69. The fraction of sp³-hybridized carbons (Fsp3) is 0.357. The number of methoxy groups -OCH3 is 2. The number of rotatable bonds is 4. The van der Waals surface area contributed by atoms with E-state index in [2.05, 4.69) is 5.10 Å². The Balaban J connectivity index is 2.26. The Bertz CT molecular complexity index is 551. The molecule has 0 radical (unpaired) electrons. The topological polar surface area (TPSA) is 68.2 Å². The molecule has 0 N–H and O–H groups in total. The first-order chi connectivity index (χ1) is 9.56. The van der Waals surface area contributed by atoms with E-state index in [1.807, 2.05) is 12.1 Å². The number of Topliss-reactive ketones (excluding diaryl/α,β-unsaturated/α-hetero) is 1. The molecule has 6 nitrogen and oxygen atoms in total. The molecule has 20 heavy (non-hydrogen) atoms. The van der Waals surface area contributed by atoms with Gasteiger partial charge in [-0.1, -0.05) is 0 Å². The maximum absolute atomic E-state index is 11.7. The minimum atomic E-state index is -0.639. The van der Waals surface area contributed by atoms with Crippen LogP contribution in [-0.4, -0.2) is 38.2 Å². The zero-order chi connectivity index (χ0) is 14.7. The molecular formula is C14H16N2O4. The van der Waals surface area contributed by atoms with Crippen LogP contribution < -0.4 is 9.75 Å². The van der Waals surface area contributed by atoms with Crippen LogP contribution in [0.2, 0.25) is 0 Å². The number of hydrogen-bond donors (Lipinski definition) is 0. The summed E-state index contributed by atoms with van der Waals surface area (Å²) < 4.78 is 9.80. The van der Waals surface area contributed by atoms with Crippen LogP contribution in [0.15, 0.2) is 29.4 Å². The molecule has 1 aliphatic heterocycles. The number of hydrogen-bond acceptors (Lipinski definition) is 6. The first-order valence-electron chi connectivity index (χ1n) is 6.15. The maximum Gasteiger partial charge on any atom is 0.316 e. The van der Waals surface area contributed by atoms with E-state index in [1.165, 1.54) is 14.0 Å². The van der Waals surface area contributed by atoms with E-state index in [0.29, 0.717) is 6.54 Å². The number of esters is 1. The standard InChI is InChI=1S/C14H16N2O4/c1-9(17)13-12(14(18)20-3)8-16(15-13)10-4-6-11(19-2)7-5-10/h4-7,12H,8H2,1-3H3. The number of anilines is 1. The lowest BCUT2D eigenvalue weighted by molar-refractivity contribution is -0.142. The van der Waals surface area contributed by atoms with Gasteiger partial charge in [0.1, 0.15) is 17.4 Å². The molecule has 0 bridgehead atoms. The van der Waals surface area contributed by atoms with Crippen molar-refractivity contribution < 1.29 is 19.1 Å². The Labute approximate surface area is 117 Å². The fourth-order valence-electron chi connectivity index (χ4n) is 2.06. The molecule has 6 heteroatoms. The van der Waals surface area contributed by atoms with Crippen LogP contribution in [0.4, 0.5) is 5.69 Å². The first kappa shape index (κ1) is 14.0. The predicted molar refractivity (Wildman–Crippen MR) is 74.0 cm³/mol. The molecule has 1 aromatic rings. The molecule has 0 saturated carbocycles. The molecule has 0 amide bonds. The van der Waals surface area contributed by atoms with Gasteiger partial charge in [-0.05, 0) is 24.3 Å². The average Bonchev–Trinajstić information content (AvgIpc) is 2.92. The van der Waals surface area contributed by atoms with Gasteiger partial charge in [0.2, 0.25) is 0 Å². The highest BCUT2D eigenvalue weighted by molar-refractivity contribution is 6.43. The van der Waals surface area contributed by atoms with Crippen molar-refractivity contribution in [1.29, 1.82) is 0 Å². The number of nitrogens with zero attached hydrogens (tertiary/aromatic N) is 2. The second-order valence-electron chi connectivity index (χ2n) is 4.40. The number of ether oxygens (including phenoxy) is 2. The fourth-order valence-corrected chi connectivity index (χ4v) is 2.06. The van der Waals surface area contributed by atoms with E-state index in [-0.39, 0.29) is 11.5 Å². The zero-order valence-corrected chi connectivity index (χ0v) is 11.6. The van der Waals surface area contributed by atoms with Gasteiger partial charge in [0.25, 0.3) is 0 Å². The highest BCUT2D eigenvalue weighted by Gasteiger charge is 2.36. The molecule has 0 aromatic heterocycles. The molecule has 0 aliphatic carbocycles. The van der Waals surface area contributed by atoms with Crippen LogP contribution in [0.3, 0.4) is 0 Å². The van der Waals surface area contributed by atoms with Crippen molar-refractivity contribution in [1.82, 2.24) is 0 Å².